The van der Waals surface area contributed by atoms with Crippen molar-refractivity contribution in [2.75, 3.05) is 11.8 Å². The number of benzene rings is 1. The molecule has 21 heavy (non-hydrogen) atoms. The zero-order valence-electron chi connectivity index (χ0n) is 11.3. The summed E-state index contributed by atoms with van der Waals surface area (Å²) in [5.41, 5.74) is -0.781. The Labute approximate surface area is 119 Å². The molecule has 2 rings (SSSR count). The van der Waals surface area contributed by atoms with Crippen molar-refractivity contribution >= 4 is 15.7 Å². The molecule has 112 valence electrons. The van der Waals surface area contributed by atoms with Gasteiger partial charge in [-0.3, -0.25) is 14.5 Å². The van der Waals surface area contributed by atoms with Crippen LogP contribution < -0.4 is 20.7 Å². The van der Waals surface area contributed by atoms with Crippen LogP contribution in [-0.2, 0) is 10.0 Å². The molecule has 0 radical (unpaired) electrons. The van der Waals surface area contributed by atoms with Crippen molar-refractivity contribution in [3.8, 4) is 5.75 Å². The van der Waals surface area contributed by atoms with Gasteiger partial charge in [-0.2, -0.15) is 0 Å². The van der Waals surface area contributed by atoms with E-state index < -0.39 is 26.2 Å². The molecule has 0 spiro atoms. The molecule has 0 saturated heterocycles. The normalized spacial score (nSPS) is 11.1. The third-order valence-electron chi connectivity index (χ3n) is 2.67. The Balaban J connectivity index is 2.49. The van der Waals surface area contributed by atoms with Gasteiger partial charge in [-0.25, -0.2) is 13.2 Å². The van der Waals surface area contributed by atoms with Crippen LogP contribution >= 0.6 is 0 Å². The zero-order valence-corrected chi connectivity index (χ0v) is 12.1. The summed E-state index contributed by atoms with van der Waals surface area (Å²) in [6.45, 7) is 1.78. The summed E-state index contributed by atoms with van der Waals surface area (Å²) in [4.78, 5) is 25.9. The van der Waals surface area contributed by atoms with E-state index in [9.17, 15) is 18.0 Å². The van der Waals surface area contributed by atoms with Gasteiger partial charge < -0.3 is 9.72 Å². The number of hydrogen-bond donors (Lipinski definition) is 3. The van der Waals surface area contributed by atoms with E-state index in [1.807, 2.05) is 4.98 Å². The highest BCUT2D eigenvalue weighted by atomic mass is 32.2. The van der Waals surface area contributed by atoms with Crippen molar-refractivity contribution in [2.45, 2.75) is 11.8 Å². The number of sulfonamides is 1. The minimum Gasteiger partial charge on any atom is -0.495 e. The van der Waals surface area contributed by atoms with Gasteiger partial charge in [0, 0.05) is 6.20 Å². The van der Waals surface area contributed by atoms with Gasteiger partial charge in [0.2, 0.25) is 0 Å². The fourth-order valence-corrected chi connectivity index (χ4v) is 2.77. The van der Waals surface area contributed by atoms with E-state index in [0.29, 0.717) is 5.75 Å². The monoisotopic (exact) mass is 311 g/mol. The lowest BCUT2D eigenvalue weighted by molar-refractivity contribution is 0.417. The molecule has 2 aromatic rings. The summed E-state index contributed by atoms with van der Waals surface area (Å²) in [6.07, 6.45) is 0.839. The SMILES string of the molecule is COc1ccc(C)cc1NS(=O)(=O)c1c[nH]c(=O)[nH]c1=O. The van der Waals surface area contributed by atoms with E-state index in [1.165, 1.54) is 7.11 Å². The van der Waals surface area contributed by atoms with Gasteiger partial charge in [0.25, 0.3) is 15.6 Å². The first kappa shape index (κ1) is 14.9. The topological polar surface area (TPSA) is 121 Å². The van der Waals surface area contributed by atoms with Crippen LogP contribution in [0.4, 0.5) is 5.69 Å². The molecule has 9 heteroatoms. The highest BCUT2D eigenvalue weighted by Crippen LogP contribution is 2.27. The number of ether oxygens (including phenoxy) is 1. The second-order valence-electron chi connectivity index (χ2n) is 4.25. The smallest absolute Gasteiger partial charge is 0.325 e. The summed E-state index contributed by atoms with van der Waals surface area (Å²) in [7, 11) is -2.76. The van der Waals surface area contributed by atoms with Gasteiger partial charge in [0.15, 0.2) is 4.90 Å². The molecule has 0 unspecified atom stereocenters. The van der Waals surface area contributed by atoms with Gasteiger partial charge in [0.1, 0.15) is 5.75 Å². The molecule has 0 aliphatic heterocycles. The fraction of sp³-hybridized carbons (Fsp3) is 0.167. The van der Waals surface area contributed by atoms with Gasteiger partial charge in [-0.15, -0.1) is 0 Å². The summed E-state index contributed by atoms with van der Waals surface area (Å²) < 4.78 is 31.7. The highest BCUT2D eigenvalue weighted by Gasteiger charge is 2.20. The van der Waals surface area contributed by atoms with Crippen LogP contribution in [0.2, 0.25) is 0 Å². The minimum absolute atomic E-state index is 0.197. The fourth-order valence-electron chi connectivity index (χ4n) is 1.70. The van der Waals surface area contributed by atoms with Gasteiger partial charge in [-0.05, 0) is 24.6 Å². The largest absolute Gasteiger partial charge is 0.495 e. The summed E-state index contributed by atoms with van der Waals surface area (Å²) in [5, 5.41) is 0. The molecule has 1 heterocycles. The average Bonchev–Trinajstić information content (AvgIpc) is 2.37. The number of anilines is 1. The Morgan fingerprint density at radius 2 is 1.95 bits per heavy atom. The molecule has 8 nitrogen and oxygen atoms in total. The lowest BCUT2D eigenvalue weighted by atomic mass is 10.2. The summed E-state index contributed by atoms with van der Waals surface area (Å²) >= 11 is 0. The maximum absolute atomic E-state index is 12.2. The van der Waals surface area contributed by atoms with Crippen molar-refractivity contribution in [3.05, 3.63) is 50.8 Å². The number of methoxy groups -OCH3 is 1. The first-order chi connectivity index (χ1) is 9.83. The van der Waals surface area contributed by atoms with Crippen LogP contribution in [0.3, 0.4) is 0 Å². The molecule has 0 atom stereocenters. The Morgan fingerprint density at radius 3 is 2.57 bits per heavy atom. The van der Waals surface area contributed by atoms with E-state index in [1.54, 1.807) is 25.1 Å². The Hall–Kier alpha value is -2.55. The molecule has 0 fully saturated rings. The van der Waals surface area contributed by atoms with Gasteiger partial charge in [0.05, 0.1) is 12.8 Å². The molecule has 1 aromatic carbocycles. The van der Waals surface area contributed by atoms with Gasteiger partial charge >= 0.3 is 5.69 Å². The third kappa shape index (κ3) is 3.14. The Morgan fingerprint density at radius 1 is 1.24 bits per heavy atom. The minimum atomic E-state index is -4.15. The van der Waals surface area contributed by atoms with Crippen LogP contribution in [0, 0.1) is 6.92 Å². The molecule has 0 aliphatic rings. The van der Waals surface area contributed by atoms with E-state index in [-0.39, 0.29) is 5.69 Å². The van der Waals surface area contributed by atoms with Crippen LogP contribution in [-0.4, -0.2) is 25.5 Å². The molecular formula is C12H13N3O5S. The average molecular weight is 311 g/mol. The number of H-pyrrole nitrogens is 2. The summed E-state index contributed by atoms with van der Waals surface area (Å²) in [6, 6.07) is 4.92. The third-order valence-corrected chi connectivity index (χ3v) is 4.04. The lowest BCUT2D eigenvalue weighted by Crippen LogP contribution is -2.29. The second kappa shape index (κ2) is 5.44. The van der Waals surface area contributed by atoms with Crippen molar-refractivity contribution in [1.29, 1.82) is 0 Å². The number of hydrogen-bond acceptors (Lipinski definition) is 5. The van der Waals surface area contributed by atoms with Crippen molar-refractivity contribution < 1.29 is 13.2 Å². The molecule has 0 aliphatic carbocycles. The van der Waals surface area contributed by atoms with Crippen LogP contribution in [0.15, 0.2) is 38.9 Å². The summed E-state index contributed by atoms with van der Waals surface area (Å²) in [5.74, 6) is 0.310. The van der Waals surface area contributed by atoms with E-state index in [4.69, 9.17) is 4.74 Å². The van der Waals surface area contributed by atoms with E-state index in [2.05, 4.69) is 9.71 Å². The second-order valence-corrected chi connectivity index (χ2v) is 5.90. The highest BCUT2D eigenvalue weighted by molar-refractivity contribution is 7.92. The predicted octanol–water partition coefficient (Wildman–Crippen LogP) is 0.181. The standard InChI is InChI=1S/C12H13N3O5S/c1-7-3-4-9(20-2)8(5-7)15-21(18,19)10-6-13-12(17)14-11(10)16/h3-6,15H,1-2H3,(H2,13,14,16,17). The van der Waals surface area contributed by atoms with Crippen LogP contribution in [0.1, 0.15) is 5.56 Å². The first-order valence-corrected chi connectivity index (χ1v) is 7.31. The molecule has 0 amide bonds. The van der Waals surface area contributed by atoms with Crippen molar-refractivity contribution in [1.82, 2.24) is 9.97 Å². The Kier molecular flexibility index (Phi) is 3.85. The van der Waals surface area contributed by atoms with Crippen molar-refractivity contribution in [2.24, 2.45) is 0 Å². The number of rotatable bonds is 4. The quantitative estimate of drug-likeness (QED) is 0.743. The van der Waals surface area contributed by atoms with Crippen LogP contribution in [0.5, 0.6) is 5.75 Å². The van der Waals surface area contributed by atoms with E-state index >= 15 is 0 Å². The molecule has 0 bridgehead atoms. The lowest BCUT2D eigenvalue weighted by Gasteiger charge is -2.11. The molecule has 0 saturated carbocycles. The van der Waals surface area contributed by atoms with E-state index in [0.717, 1.165) is 11.8 Å². The number of aromatic amines is 2. The molecular weight excluding hydrogens is 298 g/mol. The maximum atomic E-state index is 12.2. The van der Waals surface area contributed by atoms with Gasteiger partial charge in [-0.1, -0.05) is 6.07 Å². The molecule has 3 N–H and O–H groups in total. The number of aromatic nitrogens is 2. The number of aryl methyl sites for hydroxylation is 1. The zero-order chi connectivity index (χ0) is 15.6. The maximum Gasteiger partial charge on any atom is 0.325 e. The van der Waals surface area contributed by atoms with Crippen molar-refractivity contribution in [3.63, 3.8) is 0 Å². The first-order valence-electron chi connectivity index (χ1n) is 5.83. The molecule has 1 aromatic heterocycles. The Bertz CT molecular complexity index is 882. The number of nitrogens with one attached hydrogen (secondary N) is 3. The predicted molar refractivity (Wildman–Crippen MR) is 76.2 cm³/mol. The van der Waals surface area contributed by atoms with Crippen LogP contribution in [0.25, 0.3) is 0 Å².